The predicted octanol–water partition coefficient (Wildman–Crippen LogP) is 0.658. The molecule has 1 rings (SSSR count). The molecule has 0 aliphatic carbocycles. The van der Waals surface area contributed by atoms with Crippen molar-refractivity contribution in [1.29, 1.82) is 0 Å². The molecule has 0 fully saturated rings. The van der Waals surface area contributed by atoms with E-state index in [4.69, 9.17) is 9.84 Å². The number of aromatic nitrogens is 2. The van der Waals surface area contributed by atoms with Gasteiger partial charge in [0.1, 0.15) is 0 Å². The second-order valence-electron chi connectivity index (χ2n) is 3.26. The molecule has 0 aromatic carbocycles. The average Bonchev–Trinajstić information content (AvgIpc) is 2.52. The molecule has 13 heavy (non-hydrogen) atoms. The van der Waals surface area contributed by atoms with Gasteiger partial charge in [-0.25, -0.2) is 4.98 Å². The summed E-state index contributed by atoms with van der Waals surface area (Å²) in [5, 5.41) is 8.96. The maximum Gasteiger partial charge on any atom is 0.0948 e. The Balaban J connectivity index is 2.52. The first-order valence-corrected chi connectivity index (χ1v) is 4.36. The van der Waals surface area contributed by atoms with E-state index in [1.807, 2.05) is 4.57 Å². The van der Waals surface area contributed by atoms with Crippen LogP contribution in [0.4, 0.5) is 0 Å². The van der Waals surface area contributed by atoms with Crippen molar-refractivity contribution in [2.45, 2.75) is 20.1 Å². The summed E-state index contributed by atoms with van der Waals surface area (Å²) in [6.45, 7) is 3.71. The van der Waals surface area contributed by atoms with Gasteiger partial charge in [0.05, 0.1) is 31.4 Å². The molecule has 0 radical (unpaired) electrons. The standard InChI is InChI=1S/C9H16N2O2/c1-8(6-13-2)4-11-7-10-3-9(11)5-12/h3,7-8,12H,4-6H2,1-2H3. The molecule has 1 unspecified atom stereocenters. The van der Waals surface area contributed by atoms with Gasteiger partial charge in [-0.1, -0.05) is 6.92 Å². The number of methoxy groups -OCH3 is 1. The van der Waals surface area contributed by atoms with E-state index in [9.17, 15) is 0 Å². The number of rotatable bonds is 5. The molecule has 1 aromatic rings. The molecule has 4 nitrogen and oxygen atoms in total. The molecule has 0 amide bonds. The molecular formula is C9H16N2O2. The van der Waals surface area contributed by atoms with E-state index in [2.05, 4.69) is 11.9 Å². The van der Waals surface area contributed by atoms with E-state index in [0.29, 0.717) is 5.92 Å². The Morgan fingerprint density at radius 1 is 1.69 bits per heavy atom. The van der Waals surface area contributed by atoms with Gasteiger partial charge in [0, 0.05) is 13.7 Å². The summed E-state index contributed by atoms with van der Waals surface area (Å²) < 4.78 is 6.98. The van der Waals surface area contributed by atoms with Gasteiger partial charge in [0.15, 0.2) is 0 Å². The first kappa shape index (κ1) is 10.2. The fourth-order valence-electron chi connectivity index (χ4n) is 1.32. The number of ether oxygens (including phenoxy) is 1. The highest BCUT2D eigenvalue weighted by Gasteiger charge is 2.05. The number of aliphatic hydroxyl groups excluding tert-OH is 1. The van der Waals surface area contributed by atoms with Crippen molar-refractivity contribution in [3.8, 4) is 0 Å². The summed E-state index contributed by atoms with van der Waals surface area (Å²) >= 11 is 0. The number of hydrogen-bond donors (Lipinski definition) is 1. The van der Waals surface area contributed by atoms with E-state index in [-0.39, 0.29) is 6.61 Å². The lowest BCUT2D eigenvalue weighted by molar-refractivity contribution is 0.150. The molecule has 1 N–H and O–H groups in total. The maximum absolute atomic E-state index is 8.96. The number of aliphatic hydroxyl groups is 1. The third-order valence-corrected chi connectivity index (χ3v) is 1.92. The van der Waals surface area contributed by atoms with Crippen LogP contribution in [0.2, 0.25) is 0 Å². The monoisotopic (exact) mass is 184 g/mol. The average molecular weight is 184 g/mol. The minimum absolute atomic E-state index is 0.0414. The molecule has 0 aliphatic rings. The summed E-state index contributed by atoms with van der Waals surface area (Å²) in [5.41, 5.74) is 0.850. The molecule has 1 heterocycles. The molecule has 0 aliphatic heterocycles. The largest absolute Gasteiger partial charge is 0.390 e. The topological polar surface area (TPSA) is 47.3 Å². The predicted molar refractivity (Wildman–Crippen MR) is 49.2 cm³/mol. The second kappa shape index (κ2) is 4.99. The highest BCUT2D eigenvalue weighted by Crippen LogP contribution is 2.05. The van der Waals surface area contributed by atoms with Gasteiger partial charge in [-0.05, 0) is 5.92 Å². The van der Waals surface area contributed by atoms with Crippen LogP contribution in [0, 0.1) is 5.92 Å². The summed E-state index contributed by atoms with van der Waals surface area (Å²) in [6.07, 6.45) is 3.41. The Hall–Kier alpha value is -0.870. The van der Waals surface area contributed by atoms with Crippen molar-refractivity contribution in [1.82, 2.24) is 9.55 Å². The van der Waals surface area contributed by atoms with Crippen molar-refractivity contribution >= 4 is 0 Å². The Morgan fingerprint density at radius 2 is 2.46 bits per heavy atom. The Kier molecular flexibility index (Phi) is 3.92. The molecule has 4 heteroatoms. The van der Waals surface area contributed by atoms with Crippen LogP contribution in [0.5, 0.6) is 0 Å². The summed E-state index contributed by atoms with van der Waals surface area (Å²) in [6, 6.07) is 0. The number of hydrogen-bond acceptors (Lipinski definition) is 3. The van der Waals surface area contributed by atoms with E-state index < -0.39 is 0 Å². The normalized spacial score (nSPS) is 13.2. The van der Waals surface area contributed by atoms with Crippen LogP contribution in [0.3, 0.4) is 0 Å². The van der Waals surface area contributed by atoms with E-state index in [1.165, 1.54) is 0 Å². The second-order valence-corrected chi connectivity index (χ2v) is 3.26. The van der Waals surface area contributed by atoms with Gasteiger partial charge in [-0.15, -0.1) is 0 Å². The Bertz CT molecular complexity index is 248. The van der Waals surface area contributed by atoms with Crippen LogP contribution < -0.4 is 0 Å². The fourth-order valence-corrected chi connectivity index (χ4v) is 1.32. The summed E-state index contributed by atoms with van der Waals surface area (Å²) in [7, 11) is 1.69. The lowest BCUT2D eigenvalue weighted by atomic mass is 10.2. The zero-order valence-corrected chi connectivity index (χ0v) is 8.10. The van der Waals surface area contributed by atoms with Crippen molar-refractivity contribution in [2.75, 3.05) is 13.7 Å². The molecule has 74 valence electrons. The smallest absolute Gasteiger partial charge is 0.0948 e. The van der Waals surface area contributed by atoms with E-state index in [1.54, 1.807) is 19.6 Å². The SMILES string of the molecule is COCC(C)Cn1cncc1CO. The van der Waals surface area contributed by atoms with Crippen LogP contribution in [0.25, 0.3) is 0 Å². The maximum atomic E-state index is 8.96. The lowest BCUT2D eigenvalue weighted by Gasteiger charge is -2.12. The van der Waals surface area contributed by atoms with Gasteiger partial charge in [-0.2, -0.15) is 0 Å². The highest BCUT2D eigenvalue weighted by molar-refractivity contribution is 4.96. The molecular weight excluding hydrogens is 168 g/mol. The lowest BCUT2D eigenvalue weighted by Crippen LogP contribution is -2.13. The van der Waals surface area contributed by atoms with Crippen LogP contribution in [0.1, 0.15) is 12.6 Å². The summed E-state index contributed by atoms with van der Waals surface area (Å²) in [4.78, 5) is 3.97. The number of nitrogens with zero attached hydrogens (tertiary/aromatic N) is 2. The van der Waals surface area contributed by atoms with Gasteiger partial charge in [-0.3, -0.25) is 0 Å². The minimum Gasteiger partial charge on any atom is -0.390 e. The number of imidazole rings is 1. The van der Waals surface area contributed by atoms with E-state index >= 15 is 0 Å². The van der Waals surface area contributed by atoms with Crippen molar-refractivity contribution < 1.29 is 9.84 Å². The van der Waals surface area contributed by atoms with Crippen molar-refractivity contribution in [2.24, 2.45) is 5.92 Å². The van der Waals surface area contributed by atoms with Gasteiger partial charge in [0.25, 0.3) is 0 Å². The van der Waals surface area contributed by atoms with E-state index in [0.717, 1.165) is 18.8 Å². The first-order valence-electron chi connectivity index (χ1n) is 4.36. The quantitative estimate of drug-likeness (QED) is 0.731. The van der Waals surface area contributed by atoms with Gasteiger partial charge < -0.3 is 14.4 Å². The molecule has 0 bridgehead atoms. The molecule has 0 spiro atoms. The summed E-state index contributed by atoms with van der Waals surface area (Å²) in [5.74, 6) is 0.435. The Labute approximate surface area is 78.2 Å². The third kappa shape index (κ3) is 2.82. The molecule has 0 saturated heterocycles. The molecule has 1 aromatic heterocycles. The minimum atomic E-state index is 0.0414. The Morgan fingerprint density at radius 3 is 3.08 bits per heavy atom. The first-order chi connectivity index (χ1) is 6.27. The molecule has 0 saturated carbocycles. The fraction of sp³-hybridized carbons (Fsp3) is 0.667. The zero-order chi connectivity index (χ0) is 9.68. The van der Waals surface area contributed by atoms with Crippen molar-refractivity contribution in [3.63, 3.8) is 0 Å². The van der Waals surface area contributed by atoms with Crippen LogP contribution in [0.15, 0.2) is 12.5 Å². The molecule has 1 atom stereocenters. The van der Waals surface area contributed by atoms with Crippen LogP contribution >= 0.6 is 0 Å². The van der Waals surface area contributed by atoms with Crippen LogP contribution in [-0.2, 0) is 17.9 Å². The van der Waals surface area contributed by atoms with Gasteiger partial charge >= 0.3 is 0 Å². The zero-order valence-electron chi connectivity index (χ0n) is 8.10. The third-order valence-electron chi connectivity index (χ3n) is 1.92. The van der Waals surface area contributed by atoms with Crippen molar-refractivity contribution in [3.05, 3.63) is 18.2 Å². The van der Waals surface area contributed by atoms with Gasteiger partial charge in [0.2, 0.25) is 0 Å². The highest BCUT2D eigenvalue weighted by atomic mass is 16.5. The van der Waals surface area contributed by atoms with Crippen LogP contribution in [-0.4, -0.2) is 28.4 Å².